The monoisotopic (exact) mass is 464 g/mol. The van der Waals surface area contributed by atoms with E-state index in [-0.39, 0.29) is 11.5 Å². The van der Waals surface area contributed by atoms with Crippen molar-refractivity contribution < 1.29 is 14.3 Å². The van der Waals surface area contributed by atoms with Gasteiger partial charge < -0.3 is 9.52 Å². The number of hydrogen-bond donors (Lipinski definition) is 2. The Balaban J connectivity index is 2.09. The van der Waals surface area contributed by atoms with Crippen molar-refractivity contribution in [3.63, 3.8) is 0 Å². The van der Waals surface area contributed by atoms with Crippen LogP contribution in [0.4, 0.5) is 0 Å². The molecule has 20 heavy (non-hydrogen) atoms. The average molecular weight is 467 g/mol. The van der Waals surface area contributed by atoms with Crippen LogP contribution in [0.1, 0.15) is 16.1 Å². The SMILES string of the molecule is O=C(N/N=C/c1cc(Br)cc(Br)c1O)c1cc(Br)co1. The molecule has 1 aromatic carbocycles. The van der Waals surface area contributed by atoms with Gasteiger partial charge in [-0.25, -0.2) is 5.43 Å². The lowest BCUT2D eigenvalue weighted by atomic mass is 10.2. The number of hydrogen-bond acceptors (Lipinski definition) is 4. The van der Waals surface area contributed by atoms with Crippen molar-refractivity contribution >= 4 is 59.9 Å². The average Bonchev–Trinajstić information content (AvgIpc) is 2.81. The van der Waals surface area contributed by atoms with Crippen LogP contribution in [0, 0.1) is 0 Å². The number of phenolic OH excluding ortho intramolecular Hbond substituents is 1. The molecule has 2 aromatic rings. The highest BCUT2D eigenvalue weighted by atomic mass is 79.9. The van der Waals surface area contributed by atoms with Crippen LogP contribution >= 0.6 is 47.8 Å². The topological polar surface area (TPSA) is 74.8 Å². The third kappa shape index (κ3) is 3.71. The number of benzene rings is 1. The van der Waals surface area contributed by atoms with Crippen molar-refractivity contribution in [2.45, 2.75) is 0 Å². The maximum Gasteiger partial charge on any atom is 0.307 e. The molecular weight excluding hydrogens is 460 g/mol. The van der Waals surface area contributed by atoms with Crippen LogP contribution in [0.25, 0.3) is 0 Å². The molecule has 0 unspecified atom stereocenters. The second-order valence-electron chi connectivity index (χ2n) is 3.65. The van der Waals surface area contributed by atoms with Gasteiger partial charge in [0.05, 0.1) is 15.2 Å². The van der Waals surface area contributed by atoms with Crippen LogP contribution in [0.2, 0.25) is 0 Å². The normalized spacial score (nSPS) is 10.9. The summed E-state index contributed by atoms with van der Waals surface area (Å²) in [5, 5.41) is 13.6. The van der Waals surface area contributed by atoms with E-state index in [0.717, 1.165) is 4.47 Å². The number of aromatic hydroxyl groups is 1. The lowest BCUT2D eigenvalue weighted by molar-refractivity contribution is 0.0927. The second-order valence-corrected chi connectivity index (χ2v) is 6.34. The summed E-state index contributed by atoms with van der Waals surface area (Å²) in [6.45, 7) is 0. The van der Waals surface area contributed by atoms with Crippen molar-refractivity contribution in [1.29, 1.82) is 0 Å². The van der Waals surface area contributed by atoms with Crippen molar-refractivity contribution in [3.8, 4) is 5.75 Å². The summed E-state index contributed by atoms with van der Waals surface area (Å²) in [7, 11) is 0. The van der Waals surface area contributed by atoms with E-state index in [0.29, 0.717) is 14.5 Å². The largest absolute Gasteiger partial charge is 0.506 e. The first kappa shape index (κ1) is 15.3. The Morgan fingerprint density at radius 1 is 1.25 bits per heavy atom. The number of halogens is 3. The molecule has 0 aliphatic heterocycles. The molecular formula is C12H7Br3N2O3. The summed E-state index contributed by atoms with van der Waals surface area (Å²) in [5.41, 5.74) is 2.75. The van der Waals surface area contributed by atoms with Crippen LogP contribution in [0.5, 0.6) is 5.75 Å². The predicted octanol–water partition coefficient (Wildman–Crippen LogP) is 4.04. The van der Waals surface area contributed by atoms with Crippen molar-refractivity contribution in [2.75, 3.05) is 0 Å². The number of amides is 1. The third-order valence-electron chi connectivity index (χ3n) is 2.22. The fourth-order valence-electron chi connectivity index (χ4n) is 1.33. The number of rotatable bonds is 3. The summed E-state index contributed by atoms with van der Waals surface area (Å²) in [6, 6.07) is 4.89. The molecule has 0 fully saturated rings. The van der Waals surface area contributed by atoms with Crippen molar-refractivity contribution in [1.82, 2.24) is 5.43 Å². The highest BCUT2D eigenvalue weighted by Crippen LogP contribution is 2.30. The molecule has 1 aromatic heterocycles. The Hall–Kier alpha value is -1.12. The minimum atomic E-state index is -0.486. The zero-order valence-corrected chi connectivity index (χ0v) is 14.5. The Bertz CT molecular complexity index is 683. The molecule has 1 heterocycles. The Kier molecular flexibility index (Phi) is 5.00. The van der Waals surface area contributed by atoms with E-state index in [4.69, 9.17) is 4.42 Å². The van der Waals surface area contributed by atoms with E-state index in [9.17, 15) is 9.90 Å². The van der Waals surface area contributed by atoms with E-state index in [1.807, 2.05) is 0 Å². The highest BCUT2D eigenvalue weighted by molar-refractivity contribution is 9.11. The van der Waals surface area contributed by atoms with Crippen LogP contribution in [0.15, 0.2) is 47.4 Å². The fraction of sp³-hybridized carbons (Fsp3) is 0. The maximum absolute atomic E-state index is 11.6. The van der Waals surface area contributed by atoms with Crippen molar-refractivity contribution in [3.05, 3.63) is 49.2 Å². The maximum atomic E-state index is 11.6. The summed E-state index contributed by atoms with van der Waals surface area (Å²) >= 11 is 9.68. The van der Waals surface area contributed by atoms with Gasteiger partial charge in [-0.05, 0) is 44.0 Å². The molecule has 104 valence electrons. The smallest absolute Gasteiger partial charge is 0.307 e. The van der Waals surface area contributed by atoms with Gasteiger partial charge in [-0.15, -0.1) is 0 Å². The fourth-order valence-corrected chi connectivity index (χ4v) is 2.89. The summed E-state index contributed by atoms with van der Waals surface area (Å²) < 4.78 is 6.95. The molecule has 0 atom stereocenters. The van der Waals surface area contributed by atoms with Gasteiger partial charge in [0.15, 0.2) is 5.76 Å². The molecule has 0 spiro atoms. The molecule has 5 nitrogen and oxygen atoms in total. The first-order valence-corrected chi connectivity index (χ1v) is 7.60. The number of nitrogens with zero attached hydrogens (tertiary/aromatic N) is 1. The van der Waals surface area contributed by atoms with Crippen LogP contribution in [-0.2, 0) is 0 Å². The van der Waals surface area contributed by atoms with E-state index in [1.165, 1.54) is 18.5 Å². The first-order chi connectivity index (χ1) is 9.47. The standard InChI is InChI=1S/C12H7Br3N2O3/c13-7-1-6(11(18)9(15)2-7)4-16-17-12(19)10-3-8(14)5-20-10/h1-5,18H,(H,17,19)/b16-4+. The molecule has 0 radical (unpaired) electrons. The molecule has 0 saturated heterocycles. The first-order valence-electron chi connectivity index (χ1n) is 5.23. The van der Waals surface area contributed by atoms with Crippen LogP contribution in [-0.4, -0.2) is 17.2 Å². The van der Waals surface area contributed by atoms with Crippen molar-refractivity contribution in [2.24, 2.45) is 5.10 Å². The van der Waals surface area contributed by atoms with Gasteiger partial charge in [0, 0.05) is 16.1 Å². The molecule has 8 heteroatoms. The van der Waals surface area contributed by atoms with Gasteiger partial charge >= 0.3 is 5.91 Å². The van der Waals surface area contributed by atoms with Crippen LogP contribution < -0.4 is 5.43 Å². The predicted molar refractivity (Wildman–Crippen MR) is 85.0 cm³/mol. The van der Waals surface area contributed by atoms with E-state index < -0.39 is 5.91 Å². The summed E-state index contributed by atoms with van der Waals surface area (Å²) in [4.78, 5) is 11.6. The van der Waals surface area contributed by atoms with E-state index in [2.05, 4.69) is 58.3 Å². The number of phenols is 1. The number of carbonyl (C=O) groups excluding carboxylic acids is 1. The Morgan fingerprint density at radius 3 is 2.65 bits per heavy atom. The number of furan rings is 1. The van der Waals surface area contributed by atoms with Gasteiger partial charge in [0.25, 0.3) is 0 Å². The van der Waals surface area contributed by atoms with E-state index >= 15 is 0 Å². The minimum absolute atomic E-state index is 0.0342. The lowest BCUT2D eigenvalue weighted by Gasteiger charge is -2.02. The molecule has 0 aliphatic carbocycles. The Morgan fingerprint density at radius 2 is 2.00 bits per heavy atom. The lowest BCUT2D eigenvalue weighted by Crippen LogP contribution is -2.16. The molecule has 1 amide bonds. The molecule has 0 bridgehead atoms. The zero-order valence-electron chi connectivity index (χ0n) is 9.73. The molecule has 0 aliphatic rings. The van der Waals surface area contributed by atoms with E-state index in [1.54, 1.807) is 12.1 Å². The van der Waals surface area contributed by atoms with Crippen LogP contribution in [0.3, 0.4) is 0 Å². The number of carbonyl (C=O) groups is 1. The van der Waals surface area contributed by atoms with Gasteiger partial charge in [-0.1, -0.05) is 15.9 Å². The highest BCUT2D eigenvalue weighted by Gasteiger charge is 2.09. The summed E-state index contributed by atoms with van der Waals surface area (Å²) in [6.07, 6.45) is 2.73. The quantitative estimate of drug-likeness (QED) is 0.529. The number of nitrogens with one attached hydrogen (secondary N) is 1. The van der Waals surface area contributed by atoms with Gasteiger partial charge in [0.1, 0.15) is 12.0 Å². The zero-order chi connectivity index (χ0) is 14.7. The minimum Gasteiger partial charge on any atom is -0.506 e. The van der Waals surface area contributed by atoms with Gasteiger partial charge in [0.2, 0.25) is 0 Å². The second kappa shape index (κ2) is 6.55. The van der Waals surface area contributed by atoms with Gasteiger partial charge in [-0.3, -0.25) is 4.79 Å². The Labute approximate surface area is 139 Å². The molecule has 0 saturated carbocycles. The van der Waals surface area contributed by atoms with Gasteiger partial charge in [-0.2, -0.15) is 5.10 Å². The summed E-state index contributed by atoms with van der Waals surface area (Å²) in [5.74, 6) is -0.318. The molecule has 2 rings (SSSR count). The molecule has 2 N–H and O–H groups in total. The number of hydrazone groups is 1. The third-order valence-corrected chi connectivity index (χ3v) is 3.70.